The van der Waals surface area contributed by atoms with E-state index in [1.165, 1.54) is 12.1 Å². The first-order valence-corrected chi connectivity index (χ1v) is 5.26. The van der Waals surface area contributed by atoms with Crippen molar-refractivity contribution >= 4 is 17.7 Å². The van der Waals surface area contributed by atoms with E-state index in [0.717, 1.165) is 0 Å². The van der Waals surface area contributed by atoms with Crippen molar-refractivity contribution in [3.63, 3.8) is 0 Å². The topological polar surface area (TPSA) is 80.7 Å². The lowest BCUT2D eigenvalue weighted by Crippen LogP contribution is -2.35. The number of rotatable bonds is 3. The van der Waals surface area contributed by atoms with Crippen LogP contribution in [-0.2, 0) is 9.53 Å². The maximum Gasteiger partial charge on any atom is 0.339 e. The van der Waals surface area contributed by atoms with Crippen molar-refractivity contribution in [2.24, 2.45) is 0 Å². The van der Waals surface area contributed by atoms with Crippen molar-refractivity contribution < 1.29 is 24.2 Å². The van der Waals surface area contributed by atoms with Crippen molar-refractivity contribution in [2.45, 2.75) is 12.5 Å². The summed E-state index contributed by atoms with van der Waals surface area (Å²) in [5.74, 6) is -2.22. The zero-order chi connectivity index (χ0) is 13.3. The zero-order valence-corrected chi connectivity index (χ0v) is 9.38. The van der Waals surface area contributed by atoms with Crippen LogP contribution in [0.2, 0.25) is 0 Å². The first-order valence-electron chi connectivity index (χ1n) is 5.26. The Balaban J connectivity index is 2.29. The molecule has 5 nitrogen and oxygen atoms in total. The summed E-state index contributed by atoms with van der Waals surface area (Å²) in [4.78, 5) is 34.3. The molecule has 2 rings (SSSR count). The molecule has 18 heavy (non-hydrogen) atoms. The second-order valence-electron chi connectivity index (χ2n) is 3.92. The highest BCUT2D eigenvalue weighted by atomic mass is 16.5. The Bertz CT molecular complexity index is 558. The Morgan fingerprint density at radius 2 is 1.89 bits per heavy atom. The van der Waals surface area contributed by atoms with E-state index in [1.807, 2.05) is 0 Å². The molecular weight excluding hydrogens is 236 g/mol. The van der Waals surface area contributed by atoms with E-state index in [4.69, 9.17) is 9.84 Å². The molecule has 1 N–H and O–H groups in total. The zero-order valence-electron chi connectivity index (χ0n) is 9.38. The number of esters is 1. The van der Waals surface area contributed by atoms with E-state index >= 15 is 0 Å². The van der Waals surface area contributed by atoms with E-state index in [0.29, 0.717) is 0 Å². The number of hydrogen-bond acceptors (Lipinski definition) is 4. The normalized spacial score (nSPS) is 17.9. The van der Waals surface area contributed by atoms with Crippen LogP contribution in [0.25, 0.3) is 0 Å². The van der Waals surface area contributed by atoms with Gasteiger partial charge in [0.1, 0.15) is 0 Å². The van der Waals surface area contributed by atoms with Crippen LogP contribution in [0, 0.1) is 0 Å². The quantitative estimate of drug-likeness (QED) is 0.644. The van der Waals surface area contributed by atoms with E-state index in [1.54, 1.807) is 12.1 Å². The summed E-state index contributed by atoms with van der Waals surface area (Å²) in [6, 6.07) is 6.29. The van der Waals surface area contributed by atoms with Crippen molar-refractivity contribution in [1.82, 2.24) is 0 Å². The standard InChI is InChI=1S/C13H10O5/c1-7(12(15)16)6-10-11(14)8-4-2-3-5-9(8)13(17)18-10/h2-5,10H,1,6H2,(H,15,16). The maximum absolute atomic E-state index is 12.0. The van der Waals surface area contributed by atoms with E-state index in [2.05, 4.69) is 6.58 Å². The summed E-state index contributed by atoms with van der Waals surface area (Å²) in [5.41, 5.74) is 0.303. The van der Waals surface area contributed by atoms with Crippen molar-refractivity contribution in [3.8, 4) is 0 Å². The minimum atomic E-state index is -1.21. The Kier molecular flexibility index (Phi) is 2.97. The van der Waals surface area contributed by atoms with Crippen molar-refractivity contribution in [3.05, 3.63) is 47.5 Å². The monoisotopic (exact) mass is 246 g/mol. The fraction of sp³-hybridized carbons (Fsp3) is 0.154. The lowest BCUT2D eigenvalue weighted by Gasteiger charge is -2.23. The molecule has 0 saturated carbocycles. The molecule has 1 atom stereocenters. The molecule has 0 fully saturated rings. The number of carboxylic acids is 1. The van der Waals surface area contributed by atoms with Crippen LogP contribution in [0.5, 0.6) is 0 Å². The smallest absolute Gasteiger partial charge is 0.339 e. The Morgan fingerprint density at radius 3 is 2.50 bits per heavy atom. The molecule has 0 bridgehead atoms. The third kappa shape index (κ3) is 2.02. The number of aliphatic carboxylic acids is 1. The second kappa shape index (κ2) is 4.44. The van der Waals surface area contributed by atoms with Crippen LogP contribution < -0.4 is 0 Å². The molecule has 0 amide bonds. The SMILES string of the molecule is C=C(CC1OC(=O)c2ccccc2C1=O)C(=O)O. The van der Waals surface area contributed by atoms with E-state index < -0.39 is 23.8 Å². The second-order valence-corrected chi connectivity index (χ2v) is 3.92. The van der Waals surface area contributed by atoms with Crippen LogP contribution >= 0.6 is 0 Å². The van der Waals surface area contributed by atoms with Crippen LogP contribution in [0.1, 0.15) is 27.1 Å². The van der Waals surface area contributed by atoms with Gasteiger partial charge in [-0.15, -0.1) is 0 Å². The molecule has 92 valence electrons. The molecule has 1 heterocycles. The Morgan fingerprint density at radius 1 is 1.28 bits per heavy atom. The van der Waals surface area contributed by atoms with Gasteiger partial charge in [0.15, 0.2) is 6.10 Å². The molecule has 0 aromatic heterocycles. The maximum atomic E-state index is 12.0. The molecule has 0 aliphatic carbocycles. The van der Waals surface area contributed by atoms with Crippen LogP contribution in [-0.4, -0.2) is 28.9 Å². The van der Waals surface area contributed by atoms with Gasteiger partial charge in [-0.2, -0.15) is 0 Å². The Labute approximate surface area is 103 Å². The predicted molar refractivity (Wildman–Crippen MR) is 61.4 cm³/mol. The van der Waals surface area contributed by atoms with Gasteiger partial charge < -0.3 is 9.84 Å². The number of fused-ring (bicyclic) bond motifs is 1. The lowest BCUT2D eigenvalue weighted by atomic mass is 9.94. The molecule has 1 aliphatic heterocycles. The average Bonchev–Trinajstić information content (AvgIpc) is 2.35. The average molecular weight is 246 g/mol. The first kappa shape index (κ1) is 12.0. The summed E-state index contributed by atoms with van der Waals surface area (Å²) in [7, 11) is 0. The van der Waals surface area contributed by atoms with Gasteiger partial charge >= 0.3 is 11.9 Å². The third-order valence-corrected chi connectivity index (χ3v) is 2.69. The largest absolute Gasteiger partial charge is 0.478 e. The van der Waals surface area contributed by atoms with Gasteiger partial charge in [-0.05, 0) is 6.07 Å². The number of ether oxygens (including phenoxy) is 1. The number of carbonyl (C=O) groups excluding carboxylic acids is 2. The molecule has 1 unspecified atom stereocenters. The van der Waals surface area contributed by atoms with Gasteiger partial charge in [-0.3, -0.25) is 4.79 Å². The minimum absolute atomic E-state index is 0.166. The molecule has 5 heteroatoms. The summed E-state index contributed by atoms with van der Waals surface area (Å²) in [6.07, 6.45) is -1.30. The Hall–Kier alpha value is -2.43. The van der Waals surface area contributed by atoms with Crippen molar-refractivity contribution in [1.29, 1.82) is 0 Å². The van der Waals surface area contributed by atoms with Gasteiger partial charge in [0.2, 0.25) is 5.78 Å². The fourth-order valence-electron chi connectivity index (χ4n) is 1.74. The van der Waals surface area contributed by atoms with Gasteiger partial charge in [0.05, 0.1) is 5.56 Å². The molecule has 0 spiro atoms. The number of ketones is 1. The number of benzene rings is 1. The van der Waals surface area contributed by atoms with Gasteiger partial charge in [-0.1, -0.05) is 24.8 Å². The van der Waals surface area contributed by atoms with Gasteiger partial charge in [0, 0.05) is 17.6 Å². The highest BCUT2D eigenvalue weighted by Gasteiger charge is 2.34. The molecule has 1 aromatic rings. The van der Waals surface area contributed by atoms with Crippen LogP contribution in [0.15, 0.2) is 36.4 Å². The molecule has 0 saturated heterocycles. The summed E-state index contributed by atoms with van der Waals surface area (Å²) < 4.78 is 4.93. The summed E-state index contributed by atoms with van der Waals surface area (Å²) in [6.45, 7) is 3.32. The minimum Gasteiger partial charge on any atom is -0.478 e. The fourth-order valence-corrected chi connectivity index (χ4v) is 1.74. The highest BCUT2D eigenvalue weighted by molar-refractivity contribution is 6.12. The number of carboxylic acid groups (broad SMARTS) is 1. The number of carbonyl (C=O) groups is 3. The molecular formula is C13H10O5. The number of cyclic esters (lactones) is 1. The van der Waals surface area contributed by atoms with Gasteiger partial charge in [-0.25, -0.2) is 9.59 Å². The summed E-state index contributed by atoms with van der Waals surface area (Å²) >= 11 is 0. The molecule has 1 aromatic carbocycles. The number of Topliss-reactive ketones (excluding diaryl/α,β-unsaturated/α-hetero) is 1. The first-order chi connectivity index (χ1) is 8.50. The van der Waals surface area contributed by atoms with E-state index in [9.17, 15) is 14.4 Å². The summed E-state index contributed by atoms with van der Waals surface area (Å²) in [5, 5.41) is 8.71. The van der Waals surface area contributed by atoms with E-state index in [-0.39, 0.29) is 23.1 Å². The predicted octanol–water partition coefficient (Wildman–Crippen LogP) is 1.44. The van der Waals surface area contributed by atoms with Crippen LogP contribution in [0.3, 0.4) is 0 Å². The molecule has 0 radical (unpaired) electrons. The van der Waals surface area contributed by atoms with Crippen LogP contribution in [0.4, 0.5) is 0 Å². The number of hydrogen-bond donors (Lipinski definition) is 1. The van der Waals surface area contributed by atoms with Gasteiger partial charge in [0.25, 0.3) is 0 Å². The third-order valence-electron chi connectivity index (χ3n) is 2.69. The molecule has 1 aliphatic rings. The highest BCUT2D eigenvalue weighted by Crippen LogP contribution is 2.23. The van der Waals surface area contributed by atoms with Crippen molar-refractivity contribution in [2.75, 3.05) is 0 Å². The lowest BCUT2D eigenvalue weighted by molar-refractivity contribution is -0.133.